The average molecular weight is 301 g/mol. The largest absolute Gasteiger partial charge is 0.383 e. The zero-order valence-electron chi connectivity index (χ0n) is 8.96. The van der Waals surface area contributed by atoms with Crippen molar-refractivity contribution in [2.75, 3.05) is 5.73 Å². The maximum Gasteiger partial charge on any atom is 0.131 e. The second-order valence-corrected chi connectivity index (χ2v) is 4.87. The topological polar surface area (TPSA) is 43.8 Å². The molecule has 0 spiro atoms. The maximum absolute atomic E-state index is 5.99. The lowest BCUT2D eigenvalue weighted by Crippen LogP contribution is -1.98. The fourth-order valence-corrected chi connectivity index (χ4v) is 2.11. The summed E-state index contributed by atoms with van der Waals surface area (Å²) in [7, 11) is 1.89. The summed E-state index contributed by atoms with van der Waals surface area (Å²) in [6, 6.07) is 5.56. The highest BCUT2D eigenvalue weighted by Crippen LogP contribution is 2.33. The van der Waals surface area contributed by atoms with Crippen LogP contribution >= 0.6 is 27.5 Å². The van der Waals surface area contributed by atoms with Crippen LogP contribution in [0.25, 0.3) is 11.3 Å². The number of imidazole rings is 1. The van der Waals surface area contributed by atoms with E-state index >= 15 is 0 Å². The molecule has 2 N–H and O–H groups in total. The van der Waals surface area contributed by atoms with E-state index in [-0.39, 0.29) is 0 Å². The molecule has 0 bridgehead atoms. The van der Waals surface area contributed by atoms with E-state index in [1.165, 1.54) is 0 Å². The van der Waals surface area contributed by atoms with Crippen LogP contribution in [0.1, 0.15) is 5.82 Å². The zero-order valence-corrected chi connectivity index (χ0v) is 11.3. The van der Waals surface area contributed by atoms with Crippen LogP contribution < -0.4 is 5.73 Å². The lowest BCUT2D eigenvalue weighted by molar-refractivity contribution is 0.868. The number of hydrogen-bond acceptors (Lipinski definition) is 2. The number of nitrogens with two attached hydrogens (primary N) is 1. The van der Waals surface area contributed by atoms with E-state index in [0.717, 1.165) is 21.6 Å². The molecule has 16 heavy (non-hydrogen) atoms. The summed E-state index contributed by atoms with van der Waals surface area (Å²) in [6.07, 6.45) is 0. The maximum atomic E-state index is 5.99. The lowest BCUT2D eigenvalue weighted by Gasteiger charge is -2.03. The Bertz CT molecular complexity index is 548. The summed E-state index contributed by atoms with van der Waals surface area (Å²) in [4.78, 5) is 4.43. The number of nitrogen functional groups attached to an aromatic ring is 1. The first-order chi connectivity index (χ1) is 7.50. The van der Waals surface area contributed by atoms with E-state index in [1.54, 1.807) is 0 Å². The number of hydrogen-bond donors (Lipinski definition) is 1. The molecule has 1 heterocycles. The molecule has 2 rings (SSSR count). The van der Waals surface area contributed by atoms with Crippen molar-refractivity contribution in [3.8, 4) is 11.3 Å². The molecule has 0 aliphatic rings. The molecule has 5 heteroatoms. The standard InChI is InChI=1S/C11H11BrClN3/c1-6-15-10(11(14)16(6)2)8-5-7(13)3-4-9(8)12/h3-5H,14H2,1-2H3. The molecule has 0 amide bonds. The number of anilines is 1. The third kappa shape index (κ3) is 1.83. The molecule has 1 aromatic carbocycles. The predicted molar refractivity (Wildman–Crippen MR) is 70.5 cm³/mol. The van der Waals surface area contributed by atoms with Gasteiger partial charge in [-0.2, -0.15) is 0 Å². The van der Waals surface area contributed by atoms with Crippen LogP contribution in [-0.2, 0) is 7.05 Å². The minimum absolute atomic E-state index is 0.639. The number of nitrogens with zero attached hydrogens (tertiary/aromatic N) is 2. The van der Waals surface area contributed by atoms with Gasteiger partial charge in [0.1, 0.15) is 17.3 Å². The van der Waals surface area contributed by atoms with Gasteiger partial charge in [0.2, 0.25) is 0 Å². The van der Waals surface area contributed by atoms with Gasteiger partial charge in [-0.15, -0.1) is 0 Å². The van der Waals surface area contributed by atoms with Crippen LogP contribution in [-0.4, -0.2) is 9.55 Å². The van der Waals surface area contributed by atoms with Gasteiger partial charge in [-0.1, -0.05) is 27.5 Å². The van der Waals surface area contributed by atoms with Gasteiger partial charge in [0.25, 0.3) is 0 Å². The molecular formula is C11H11BrClN3. The van der Waals surface area contributed by atoms with Crippen molar-refractivity contribution in [1.82, 2.24) is 9.55 Å². The quantitative estimate of drug-likeness (QED) is 0.877. The molecule has 0 radical (unpaired) electrons. The monoisotopic (exact) mass is 299 g/mol. The van der Waals surface area contributed by atoms with E-state index in [1.807, 2.05) is 36.7 Å². The van der Waals surface area contributed by atoms with Gasteiger partial charge >= 0.3 is 0 Å². The summed E-state index contributed by atoms with van der Waals surface area (Å²) < 4.78 is 2.78. The van der Waals surface area contributed by atoms with Crippen LogP contribution in [0, 0.1) is 6.92 Å². The predicted octanol–water partition coefficient (Wildman–Crippen LogP) is 3.39. The van der Waals surface area contributed by atoms with Crippen molar-refractivity contribution in [2.45, 2.75) is 6.92 Å². The van der Waals surface area contributed by atoms with E-state index in [2.05, 4.69) is 20.9 Å². The van der Waals surface area contributed by atoms with E-state index in [9.17, 15) is 0 Å². The number of benzene rings is 1. The molecule has 2 aromatic rings. The highest BCUT2D eigenvalue weighted by molar-refractivity contribution is 9.10. The molecule has 0 fully saturated rings. The van der Waals surface area contributed by atoms with Gasteiger partial charge in [0, 0.05) is 22.1 Å². The van der Waals surface area contributed by atoms with Crippen molar-refractivity contribution in [3.63, 3.8) is 0 Å². The van der Waals surface area contributed by atoms with E-state index in [0.29, 0.717) is 10.8 Å². The summed E-state index contributed by atoms with van der Waals surface area (Å²) in [5.74, 6) is 1.51. The molecule has 0 unspecified atom stereocenters. The molecule has 3 nitrogen and oxygen atoms in total. The Balaban J connectivity index is 2.67. The molecule has 84 valence electrons. The summed E-state index contributed by atoms with van der Waals surface area (Å²) in [5.41, 5.74) is 7.66. The molecular weight excluding hydrogens is 289 g/mol. The Hall–Kier alpha value is -1.00. The fourth-order valence-electron chi connectivity index (χ4n) is 1.50. The third-order valence-corrected chi connectivity index (χ3v) is 3.47. The number of aromatic nitrogens is 2. The SMILES string of the molecule is Cc1nc(-c2cc(Cl)ccc2Br)c(N)n1C. The zero-order chi connectivity index (χ0) is 11.9. The Morgan fingerprint density at radius 1 is 1.44 bits per heavy atom. The number of halogens is 2. The van der Waals surface area contributed by atoms with Crippen molar-refractivity contribution in [1.29, 1.82) is 0 Å². The summed E-state index contributed by atoms with van der Waals surface area (Å²) >= 11 is 9.44. The first kappa shape index (κ1) is 11.5. The van der Waals surface area contributed by atoms with Gasteiger partial charge < -0.3 is 10.3 Å². The smallest absolute Gasteiger partial charge is 0.131 e. The van der Waals surface area contributed by atoms with Crippen LogP contribution in [0.3, 0.4) is 0 Å². The van der Waals surface area contributed by atoms with Gasteiger partial charge in [0.05, 0.1) is 0 Å². The minimum atomic E-state index is 0.639. The van der Waals surface area contributed by atoms with Crippen LogP contribution in [0.5, 0.6) is 0 Å². The third-order valence-electron chi connectivity index (χ3n) is 2.55. The number of aryl methyl sites for hydroxylation is 1. The molecule has 1 aromatic heterocycles. The van der Waals surface area contributed by atoms with Crippen LogP contribution in [0.4, 0.5) is 5.82 Å². The second-order valence-electron chi connectivity index (χ2n) is 3.58. The molecule has 0 aliphatic heterocycles. The van der Waals surface area contributed by atoms with Gasteiger partial charge in [-0.25, -0.2) is 4.98 Å². The van der Waals surface area contributed by atoms with Gasteiger partial charge in [-0.05, 0) is 25.1 Å². The van der Waals surface area contributed by atoms with Crippen molar-refractivity contribution >= 4 is 33.3 Å². The molecule has 0 atom stereocenters. The lowest BCUT2D eigenvalue weighted by atomic mass is 10.1. The Morgan fingerprint density at radius 3 is 2.69 bits per heavy atom. The second kappa shape index (κ2) is 4.11. The molecule has 0 aliphatic carbocycles. The first-order valence-electron chi connectivity index (χ1n) is 4.75. The summed E-state index contributed by atoms with van der Waals surface area (Å²) in [5, 5.41) is 0.668. The Morgan fingerprint density at radius 2 is 2.12 bits per heavy atom. The fraction of sp³-hybridized carbons (Fsp3) is 0.182. The average Bonchev–Trinajstić information content (AvgIpc) is 2.50. The van der Waals surface area contributed by atoms with Crippen molar-refractivity contribution < 1.29 is 0 Å². The Kier molecular flexibility index (Phi) is 2.95. The normalized spacial score (nSPS) is 10.8. The highest BCUT2D eigenvalue weighted by Gasteiger charge is 2.14. The molecule has 0 saturated heterocycles. The number of rotatable bonds is 1. The van der Waals surface area contributed by atoms with Crippen molar-refractivity contribution in [3.05, 3.63) is 33.5 Å². The van der Waals surface area contributed by atoms with Crippen LogP contribution in [0.2, 0.25) is 5.02 Å². The Labute approximate surface area is 107 Å². The highest BCUT2D eigenvalue weighted by atomic mass is 79.9. The molecule has 0 saturated carbocycles. The van der Waals surface area contributed by atoms with Gasteiger partial charge in [0.15, 0.2) is 0 Å². The minimum Gasteiger partial charge on any atom is -0.383 e. The van der Waals surface area contributed by atoms with E-state index < -0.39 is 0 Å². The first-order valence-corrected chi connectivity index (χ1v) is 5.92. The van der Waals surface area contributed by atoms with Crippen molar-refractivity contribution in [2.24, 2.45) is 7.05 Å². The summed E-state index contributed by atoms with van der Waals surface area (Å²) in [6.45, 7) is 1.91. The van der Waals surface area contributed by atoms with E-state index in [4.69, 9.17) is 17.3 Å². The van der Waals surface area contributed by atoms with Gasteiger partial charge in [-0.3, -0.25) is 0 Å². The van der Waals surface area contributed by atoms with Crippen LogP contribution in [0.15, 0.2) is 22.7 Å².